The summed E-state index contributed by atoms with van der Waals surface area (Å²) in [6.45, 7) is 6.30. The molecule has 1 rings (SSSR count). The predicted octanol–water partition coefficient (Wildman–Crippen LogP) is 0.514. The minimum atomic E-state index is -2.97. The molecule has 23 heavy (non-hydrogen) atoms. The van der Waals surface area contributed by atoms with E-state index in [1.165, 1.54) is 6.26 Å². The lowest BCUT2D eigenvalue weighted by atomic mass is 10.1. The highest BCUT2D eigenvalue weighted by atomic mass is 32.2. The molecule has 0 aromatic heterocycles. The van der Waals surface area contributed by atoms with E-state index >= 15 is 0 Å². The van der Waals surface area contributed by atoms with E-state index in [0.717, 1.165) is 58.1 Å². The van der Waals surface area contributed by atoms with Crippen LogP contribution in [-0.4, -0.2) is 83.9 Å². The Morgan fingerprint density at radius 2 is 2.00 bits per heavy atom. The van der Waals surface area contributed by atoms with E-state index in [1.807, 2.05) is 6.92 Å². The Kier molecular flexibility index (Phi) is 9.50. The Labute approximate surface area is 140 Å². The van der Waals surface area contributed by atoms with Gasteiger partial charge < -0.3 is 19.7 Å². The average molecular weight is 349 g/mol. The molecule has 0 atom stereocenters. The van der Waals surface area contributed by atoms with E-state index < -0.39 is 9.84 Å². The van der Waals surface area contributed by atoms with E-state index in [1.54, 1.807) is 7.11 Å². The molecule has 1 aliphatic heterocycles. The summed E-state index contributed by atoms with van der Waals surface area (Å²) in [5.41, 5.74) is 0. The Balaban J connectivity index is 2.39. The molecule has 0 amide bonds. The van der Waals surface area contributed by atoms with Gasteiger partial charge in [-0.3, -0.25) is 4.99 Å². The maximum atomic E-state index is 11.2. The van der Waals surface area contributed by atoms with Crippen molar-refractivity contribution in [3.8, 4) is 0 Å². The van der Waals surface area contributed by atoms with E-state index in [2.05, 4.69) is 15.2 Å². The average Bonchev–Trinajstić information content (AvgIpc) is 2.50. The van der Waals surface area contributed by atoms with Gasteiger partial charge in [-0.2, -0.15) is 0 Å². The topological polar surface area (TPSA) is 80.2 Å². The molecule has 0 bridgehead atoms. The lowest BCUT2D eigenvalue weighted by molar-refractivity contribution is 0.00991. The fourth-order valence-corrected chi connectivity index (χ4v) is 2.85. The first-order valence-corrected chi connectivity index (χ1v) is 10.3. The second-order valence-corrected chi connectivity index (χ2v) is 8.03. The quantitative estimate of drug-likeness (QED) is 0.371. The van der Waals surface area contributed by atoms with Gasteiger partial charge in [0, 0.05) is 46.2 Å². The molecule has 136 valence electrons. The van der Waals surface area contributed by atoms with Crippen LogP contribution < -0.4 is 5.32 Å². The van der Waals surface area contributed by atoms with Crippen molar-refractivity contribution >= 4 is 15.8 Å². The van der Waals surface area contributed by atoms with Crippen molar-refractivity contribution < 1.29 is 17.9 Å². The van der Waals surface area contributed by atoms with Gasteiger partial charge in [-0.15, -0.1) is 0 Å². The molecule has 0 aromatic carbocycles. The van der Waals surface area contributed by atoms with Gasteiger partial charge in [0.25, 0.3) is 0 Å². The van der Waals surface area contributed by atoms with Crippen molar-refractivity contribution in [2.75, 3.05) is 58.5 Å². The SMILES string of the molecule is CCNC(=NCCS(C)(=O)=O)N1CCC(OCCCOC)CC1. The molecule has 1 saturated heterocycles. The first-order valence-electron chi connectivity index (χ1n) is 8.27. The third-order valence-corrected chi connectivity index (χ3v) is 4.57. The molecule has 0 spiro atoms. The van der Waals surface area contributed by atoms with Gasteiger partial charge in [0.1, 0.15) is 9.84 Å². The van der Waals surface area contributed by atoms with Crippen LogP contribution in [0.5, 0.6) is 0 Å². The van der Waals surface area contributed by atoms with Gasteiger partial charge in [0.15, 0.2) is 5.96 Å². The van der Waals surface area contributed by atoms with Gasteiger partial charge in [-0.25, -0.2) is 8.42 Å². The maximum Gasteiger partial charge on any atom is 0.193 e. The van der Waals surface area contributed by atoms with Crippen molar-refractivity contribution in [2.24, 2.45) is 4.99 Å². The molecule has 0 aromatic rings. The Morgan fingerprint density at radius 1 is 1.30 bits per heavy atom. The molecule has 1 N–H and O–H groups in total. The van der Waals surface area contributed by atoms with Crippen molar-refractivity contribution in [1.29, 1.82) is 0 Å². The van der Waals surface area contributed by atoms with Crippen molar-refractivity contribution in [3.05, 3.63) is 0 Å². The summed E-state index contributed by atoms with van der Waals surface area (Å²) < 4.78 is 33.3. The molecule has 8 heteroatoms. The van der Waals surface area contributed by atoms with E-state index in [0.29, 0.717) is 12.6 Å². The number of hydrogen-bond acceptors (Lipinski definition) is 5. The third-order valence-electron chi connectivity index (χ3n) is 3.65. The summed E-state index contributed by atoms with van der Waals surface area (Å²) in [6.07, 6.45) is 4.38. The van der Waals surface area contributed by atoms with Gasteiger partial charge in [0.05, 0.1) is 18.4 Å². The van der Waals surface area contributed by atoms with Crippen molar-refractivity contribution in [3.63, 3.8) is 0 Å². The lowest BCUT2D eigenvalue weighted by Crippen LogP contribution is -2.47. The molecule has 1 aliphatic rings. The summed E-state index contributed by atoms with van der Waals surface area (Å²) in [5.74, 6) is 0.884. The van der Waals surface area contributed by atoms with Gasteiger partial charge in [-0.1, -0.05) is 0 Å². The van der Waals surface area contributed by atoms with Crippen molar-refractivity contribution in [1.82, 2.24) is 10.2 Å². The van der Waals surface area contributed by atoms with Gasteiger partial charge >= 0.3 is 0 Å². The molecular formula is C15H31N3O4S. The first kappa shape index (κ1) is 20.2. The minimum absolute atomic E-state index is 0.0843. The lowest BCUT2D eigenvalue weighted by Gasteiger charge is -2.34. The first-order chi connectivity index (χ1) is 11.0. The highest BCUT2D eigenvalue weighted by molar-refractivity contribution is 7.90. The number of nitrogens with zero attached hydrogens (tertiary/aromatic N) is 2. The van der Waals surface area contributed by atoms with E-state index in [-0.39, 0.29) is 5.75 Å². The van der Waals surface area contributed by atoms with E-state index in [9.17, 15) is 8.42 Å². The molecule has 0 aliphatic carbocycles. The number of aliphatic imine (C=N–C) groups is 1. The van der Waals surface area contributed by atoms with Gasteiger partial charge in [0.2, 0.25) is 0 Å². The van der Waals surface area contributed by atoms with Crippen LogP contribution in [0.25, 0.3) is 0 Å². The fourth-order valence-electron chi connectivity index (χ4n) is 2.43. The largest absolute Gasteiger partial charge is 0.385 e. The minimum Gasteiger partial charge on any atom is -0.385 e. The summed E-state index contributed by atoms with van der Waals surface area (Å²) in [7, 11) is -1.27. The second-order valence-electron chi connectivity index (χ2n) is 5.77. The van der Waals surface area contributed by atoms with Crippen LogP contribution in [0, 0.1) is 0 Å². The standard InChI is InChI=1S/C15H31N3O4S/c1-4-16-15(17-8-13-23(3,19)20)18-9-6-14(7-10-18)22-12-5-11-21-2/h14H,4-13H2,1-3H3,(H,16,17). The number of hydrogen-bond donors (Lipinski definition) is 1. The molecular weight excluding hydrogens is 318 g/mol. The number of rotatable bonds is 9. The van der Waals surface area contributed by atoms with Crippen LogP contribution >= 0.6 is 0 Å². The van der Waals surface area contributed by atoms with Crippen LogP contribution in [0.4, 0.5) is 0 Å². The fraction of sp³-hybridized carbons (Fsp3) is 0.933. The van der Waals surface area contributed by atoms with Crippen LogP contribution in [0.1, 0.15) is 26.2 Å². The molecule has 7 nitrogen and oxygen atoms in total. The zero-order valence-electron chi connectivity index (χ0n) is 14.6. The summed E-state index contributed by atoms with van der Waals surface area (Å²) in [4.78, 5) is 6.61. The monoisotopic (exact) mass is 349 g/mol. The molecule has 1 fully saturated rings. The zero-order valence-corrected chi connectivity index (χ0v) is 15.4. The number of likely N-dealkylation sites (tertiary alicyclic amines) is 1. The second kappa shape index (κ2) is 10.8. The smallest absolute Gasteiger partial charge is 0.193 e. The molecule has 0 radical (unpaired) electrons. The third kappa shape index (κ3) is 9.12. The maximum absolute atomic E-state index is 11.2. The van der Waals surface area contributed by atoms with Gasteiger partial charge in [-0.05, 0) is 26.2 Å². The Bertz CT molecular complexity index is 446. The summed E-state index contributed by atoms with van der Waals surface area (Å²) >= 11 is 0. The zero-order chi connectivity index (χ0) is 17.1. The highest BCUT2D eigenvalue weighted by Gasteiger charge is 2.21. The number of ether oxygens (including phenoxy) is 2. The number of guanidine groups is 1. The molecule has 0 saturated carbocycles. The summed E-state index contributed by atoms with van der Waals surface area (Å²) in [6, 6.07) is 0. The van der Waals surface area contributed by atoms with Crippen LogP contribution in [0.3, 0.4) is 0 Å². The number of nitrogens with one attached hydrogen (secondary N) is 1. The predicted molar refractivity (Wildman–Crippen MR) is 92.7 cm³/mol. The van der Waals surface area contributed by atoms with Crippen LogP contribution in [-0.2, 0) is 19.3 Å². The Morgan fingerprint density at radius 3 is 2.57 bits per heavy atom. The van der Waals surface area contributed by atoms with E-state index in [4.69, 9.17) is 9.47 Å². The van der Waals surface area contributed by atoms with Crippen molar-refractivity contribution in [2.45, 2.75) is 32.3 Å². The van der Waals surface area contributed by atoms with Crippen LogP contribution in [0.2, 0.25) is 0 Å². The number of sulfone groups is 1. The molecule has 0 unspecified atom stereocenters. The van der Waals surface area contributed by atoms with Crippen LogP contribution in [0.15, 0.2) is 4.99 Å². The molecule has 1 heterocycles. The summed E-state index contributed by atoms with van der Waals surface area (Å²) in [5, 5.41) is 3.24. The number of piperidine rings is 1. The number of methoxy groups -OCH3 is 1. The highest BCUT2D eigenvalue weighted by Crippen LogP contribution is 2.14. The normalized spacial score (nSPS) is 17.5. The Hall–Kier alpha value is -0.860.